The number of nitrogens with one attached hydrogen (secondary N) is 1. The van der Waals surface area contributed by atoms with Crippen LogP contribution in [0.1, 0.15) is 45.5 Å². The number of nitrogens with zero attached hydrogens (tertiary/aromatic N) is 2. The summed E-state index contributed by atoms with van der Waals surface area (Å²) in [4.78, 5) is 0. The summed E-state index contributed by atoms with van der Waals surface area (Å²) < 4.78 is 5.95. The molecular formula is C15H25N3OS. The molecule has 1 aromatic rings. The largest absolute Gasteiger partial charge is 0.377 e. The monoisotopic (exact) mass is 295 g/mol. The normalized spacial score (nSPS) is 31.8. The lowest BCUT2D eigenvalue weighted by atomic mass is 9.55. The summed E-state index contributed by atoms with van der Waals surface area (Å²) in [5.74, 6) is 1.27. The Morgan fingerprint density at radius 3 is 2.95 bits per heavy atom. The number of anilines is 1. The second-order valence-corrected chi connectivity index (χ2v) is 8.20. The van der Waals surface area contributed by atoms with E-state index in [2.05, 4.69) is 43.2 Å². The highest BCUT2D eigenvalue weighted by Crippen LogP contribution is 2.52. The number of fused-ring (bicyclic) bond motifs is 1. The van der Waals surface area contributed by atoms with E-state index < -0.39 is 0 Å². The average Bonchev–Trinajstić information content (AvgIpc) is 2.83. The third-order valence-electron chi connectivity index (χ3n) is 4.66. The zero-order valence-electron chi connectivity index (χ0n) is 12.8. The summed E-state index contributed by atoms with van der Waals surface area (Å²) in [6.07, 6.45) is 3.88. The van der Waals surface area contributed by atoms with Gasteiger partial charge in [0.1, 0.15) is 5.01 Å². The quantitative estimate of drug-likeness (QED) is 0.925. The van der Waals surface area contributed by atoms with Crippen LogP contribution in [0, 0.1) is 17.3 Å². The molecule has 1 aliphatic heterocycles. The highest BCUT2D eigenvalue weighted by molar-refractivity contribution is 7.15. The molecule has 0 radical (unpaired) electrons. The molecule has 3 atom stereocenters. The van der Waals surface area contributed by atoms with Crippen LogP contribution < -0.4 is 5.32 Å². The molecule has 1 saturated heterocycles. The van der Waals surface area contributed by atoms with Gasteiger partial charge in [0.25, 0.3) is 0 Å². The molecule has 0 bridgehead atoms. The zero-order chi connectivity index (χ0) is 14.3. The Morgan fingerprint density at radius 1 is 1.40 bits per heavy atom. The van der Waals surface area contributed by atoms with Gasteiger partial charge in [-0.25, -0.2) is 0 Å². The Labute approximate surface area is 125 Å². The van der Waals surface area contributed by atoms with E-state index in [0.717, 1.165) is 23.2 Å². The Bertz CT molecular complexity index is 471. The highest BCUT2D eigenvalue weighted by atomic mass is 32.1. The second kappa shape index (κ2) is 5.26. The van der Waals surface area contributed by atoms with Gasteiger partial charge in [0.2, 0.25) is 5.13 Å². The maximum atomic E-state index is 5.95. The van der Waals surface area contributed by atoms with Crippen LogP contribution in [-0.2, 0) is 11.2 Å². The van der Waals surface area contributed by atoms with Crippen LogP contribution in [0.25, 0.3) is 0 Å². The van der Waals surface area contributed by atoms with Crippen LogP contribution in [-0.4, -0.2) is 29.0 Å². The van der Waals surface area contributed by atoms with E-state index in [0.29, 0.717) is 24.0 Å². The first-order chi connectivity index (χ1) is 9.48. The summed E-state index contributed by atoms with van der Waals surface area (Å²) in [6.45, 7) is 9.95. The summed E-state index contributed by atoms with van der Waals surface area (Å²) in [5.41, 5.74) is 0.189. The maximum absolute atomic E-state index is 5.95. The lowest BCUT2D eigenvalue weighted by Gasteiger charge is -2.59. The molecule has 0 amide bonds. The van der Waals surface area contributed by atoms with E-state index in [4.69, 9.17) is 4.74 Å². The smallest absolute Gasteiger partial charge is 0.205 e. The van der Waals surface area contributed by atoms with Crippen molar-refractivity contribution in [3.63, 3.8) is 0 Å². The first-order valence-corrected chi connectivity index (χ1v) is 8.50. The summed E-state index contributed by atoms with van der Waals surface area (Å²) >= 11 is 1.70. The van der Waals surface area contributed by atoms with Gasteiger partial charge in [-0.15, -0.1) is 10.2 Å². The minimum Gasteiger partial charge on any atom is -0.377 e. The molecule has 0 spiro atoms. The molecule has 1 aromatic heterocycles. The van der Waals surface area contributed by atoms with Gasteiger partial charge in [-0.3, -0.25) is 0 Å². The fourth-order valence-corrected chi connectivity index (χ4v) is 4.68. The van der Waals surface area contributed by atoms with E-state index in [1.807, 2.05) is 0 Å². The van der Waals surface area contributed by atoms with Gasteiger partial charge >= 0.3 is 0 Å². The average molecular weight is 295 g/mol. The van der Waals surface area contributed by atoms with Gasteiger partial charge in [-0.05, 0) is 18.8 Å². The molecule has 1 saturated carbocycles. The molecule has 0 aromatic carbocycles. The van der Waals surface area contributed by atoms with Gasteiger partial charge in [-0.1, -0.05) is 39.0 Å². The minimum absolute atomic E-state index is 0.189. The van der Waals surface area contributed by atoms with Crippen molar-refractivity contribution >= 4 is 16.5 Å². The lowest BCUT2D eigenvalue weighted by molar-refractivity contribution is -0.177. The molecule has 2 fully saturated rings. The van der Waals surface area contributed by atoms with Crippen molar-refractivity contribution in [1.29, 1.82) is 0 Å². The van der Waals surface area contributed by atoms with Crippen LogP contribution in [0.3, 0.4) is 0 Å². The van der Waals surface area contributed by atoms with Crippen molar-refractivity contribution in [2.45, 2.75) is 59.1 Å². The summed E-state index contributed by atoms with van der Waals surface area (Å²) in [6, 6.07) is 0.465. The molecule has 4 nitrogen and oxygen atoms in total. The molecule has 3 unspecified atom stereocenters. The van der Waals surface area contributed by atoms with Gasteiger partial charge in [0, 0.05) is 30.4 Å². The summed E-state index contributed by atoms with van der Waals surface area (Å²) in [5, 5.41) is 14.3. The first-order valence-electron chi connectivity index (χ1n) is 7.69. The second-order valence-electron chi connectivity index (χ2n) is 7.14. The van der Waals surface area contributed by atoms with Crippen molar-refractivity contribution in [3.05, 3.63) is 5.01 Å². The van der Waals surface area contributed by atoms with Crippen LogP contribution in [0.4, 0.5) is 5.13 Å². The molecule has 1 N–H and O–H groups in total. The van der Waals surface area contributed by atoms with Crippen molar-refractivity contribution in [3.8, 4) is 0 Å². The van der Waals surface area contributed by atoms with Crippen LogP contribution in [0.15, 0.2) is 0 Å². The number of rotatable bonds is 4. The standard InChI is InChI=1S/C15H25N3OS/c1-9(2)8-11-17-18-14(20-11)16-12-10-6-5-7-19-13(10)15(12,3)4/h9-10,12-13H,5-8H2,1-4H3,(H,16,18). The third kappa shape index (κ3) is 2.46. The lowest BCUT2D eigenvalue weighted by Crippen LogP contribution is -2.67. The molecular weight excluding hydrogens is 270 g/mol. The Kier molecular flexibility index (Phi) is 3.75. The van der Waals surface area contributed by atoms with Gasteiger partial charge in [0.15, 0.2) is 0 Å². The highest BCUT2D eigenvalue weighted by Gasteiger charge is 2.58. The number of ether oxygens (including phenoxy) is 1. The Balaban J connectivity index is 1.66. The molecule has 2 aliphatic rings. The Morgan fingerprint density at radius 2 is 2.20 bits per heavy atom. The predicted molar refractivity (Wildman–Crippen MR) is 82.1 cm³/mol. The van der Waals surface area contributed by atoms with E-state index in [-0.39, 0.29) is 5.41 Å². The van der Waals surface area contributed by atoms with Crippen molar-refractivity contribution < 1.29 is 4.74 Å². The first kappa shape index (κ1) is 14.3. The molecule has 3 rings (SSSR count). The van der Waals surface area contributed by atoms with E-state index in [1.54, 1.807) is 11.3 Å². The van der Waals surface area contributed by atoms with E-state index in [1.165, 1.54) is 12.8 Å². The number of aromatic nitrogens is 2. The van der Waals surface area contributed by atoms with Gasteiger partial charge in [0.05, 0.1) is 6.10 Å². The minimum atomic E-state index is 0.189. The molecule has 5 heteroatoms. The maximum Gasteiger partial charge on any atom is 0.205 e. The molecule has 20 heavy (non-hydrogen) atoms. The van der Waals surface area contributed by atoms with E-state index >= 15 is 0 Å². The molecule has 1 aliphatic carbocycles. The Hall–Kier alpha value is -0.680. The summed E-state index contributed by atoms with van der Waals surface area (Å²) in [7, 11) is 0. The predicted octanol–water partition coefficient (Wildman–Crippen LogP) is 3.35. The van der Waals surface area contributed by atoms with Crippen molar-refractivity contribution in [2.24, 2.45) is 17.3 Å². The molecule has 112 valence electrons. The van der Waals surface area contributed by atoms with Gasteiger partial charge in [-0.2, -0.15) is 0 Å². The SMILES string of the molecule is CC(C)Cc1nnc(NC2C3CCCOC3C2(C)C)s1. The number of hydrogen-bond donors (Lipinski definition) is 1. The van der Waals surface area contributed by atoms with E-state index in [9.17, 15) is 0 Å². The third-order valence-corrected chi connectivity index (χ3v) is 5.54. The van der Waals surface area contributed by atoms with Crippen LogP contribution in [0.2, 0.25) is 0 Å². The van der Waals surface area contributed by atoms with Crippen molar-refractivity contribution in [1.82, 2.24) is 10.2 Å². The fraction of sp³-hybridized carbons (Fsp3) is 0.867. The van der Waals surface area contributed by atoms with Gasteiger partial charge < -0.3 is 10.1 Å². The number of hydrogen-bond acceptors (Lipinski definition) is 5. The van der Waals surface area contributed by atoms with Crippen LogP contribution >= 0.6 is 11.3 Å². The fourth-order valence-electron chi connectivity index (χ4n) is 3.69. The topological polar surface area (TPSA) is 47.0 Å². The van der Waals surface area contributed by atoms with Crippen molar-refractivity contribution in [2.75, 3.05) is 11.9 Å². The molecule has 2 heterocycles. The zero-order valence-corrected chi connectivity index (χ0v) is 13.7. The van der Waals surface area contributed by atoms with Crippen LogP contribution in [0.5, 0.6) is 0 Å².